The van der Waals surface area contributed by atoms with E-state index in [0.717, 1.165) is 0 Å². The van der Waals surface area contributed by atoms with Gasteiger partial charge in [-0.3, -0.25) is 10.1 Å². The van der Waals surface area contributed by atoms with E-state index in [0.29, 0.717) is 17.3 Å². The lowest BCUT2D eigenvalue weighted by molar-refractivity contribution is -0.137. The molecule has 0 unspecified atom stereocenters. The fourth-order valence-corrected chi connectivity index (χ4v) is 1.50. The van der Waals surface area contributed by atoms with Crippen molar-refractivity contribution in [3.05, 3.63) is 23.4 Å². The monoisotopic (exact) mass is 285 g/mol. The molecule has 1 rings (SSSR count). The summed E-state index contributed by atoms with van der Waals surface area (Å²) in [7, 11) is 0. The van der Waals surface area contributed by atoms with E-state index in [1.807, 2.05) is 0 Å². The van der Waals surface area contributed by atoms with E-state index in [-0.39, 0.29) is 6.42 Å². The van der Waals surface area contributed by atoms with Gasteiger partial charge in [0, 0.05) is 18.2 Å². The van der Waals surface area contributed by atoms with Gasteiger partial charge in [-0.25, -0.2) is 9.78 Å². The van der Waals surface area contributed by atoms with Gasteiger partial charge in [0.05, 0.1) is 5.02 Å². The number of aromatic nitrogens is 1. The number of carboxylic acid groups (broad SMARTS) is 1. The SMILES string of the molecule is CC(C)(CCC(=O)O)NC(=O)Nc1ccc(Cl)cn1. The molecule has 0 saturated heterocycles. The molecule has 19 heavy (non-hydrogen) atoms. The van der Waals surface area contributed by atoms with Gasteiger partial charge in [-0.2, -0.15) is 0 Å². The summed E-state index contributed by atoms with van der Waals surface area (Å²) in [4.78, 5) is 26.1. The minimum atomic E-state index is -0.894. The number of carbonyl (C=O) groups is 2. The molecule has 0 spiro atoms. The second-order valence-corrected chi connectivity index (χ2v) is 5.15. The molecule has 3 N–H and O–H groups in total. The molecule has 1 aromatic rings. The highest BCUT2D eigenvalue weighted by Gasteiger charge is 2.21. The molecular weight excluding hydrogens is 270 g/mol. The van der Waals surface area contributed by atoms with Gasteiger partial charge < -0.3 is 10.4 Å². The Morgan fingerprint density at radius 3 is 2.63 bits per heavy atom. The van der Waals surface area contributed by atoms with Crippen molar-refractivity contribution in [1.29, 1.82) is 0 Å². The Morgan fingerprint density at radius 1 is 1.42 bits per heavy atom. The van der Waals surface area contributed by atoms with Crippen molar-refractivity contribution in [2.45, 2.75) is 32.2 Å². The Hall–Kier alpha value is -1.82. The Balaban J connectivity index is 2.50. The Labute approximate surface area is 116 Å². The third-order valence-corrected chi connectivity index (χ3v) is 2.61. The molecule has 0 fully saturated rings. The van der Waals surface area contributed by atoms with Crippen molar-refractivity contribution in [3.63, 3.8) is 0 Å². The van der Waals surface area contributed by atoms with E-state index < -0.39 is 17.5 Å². The number of anilines is 1. The van der Waals surface area contributed by atoms with Crippen LogP contribution in [0.1, 0.15) is 26.7 Å². The maximum atomic E-state index is 11.7. The molecule has 0 aliphatic carbocycles. The number of hydrogen-bond acceptors (Lipinski definition) is 3. The number of nitrogens with zero attached hydrogens (tertiary/aromatic N) is 1. The lowest BCUT2D eigenvalue weighted by Gasteiger charge is -2.25. The summed E-state index contributed by atoms with van der Waals surface area (Å²) in [5.74, 6) is -0.523. The lowest BCUT2D eigenvalue weighted by atomic mass is 9.99. The molecule has 0 radical (unpaired) electrons. The summed E-state index contributed by atoms with van der Waals surface area (Å²) in [5.41, 5.74) is -0.616. The molecule has 0 bridgehead atoms. The first-order valence-corrected chi connectivity index (χ1v) is 6.09. The van der Waals surface area contributed by atoms with Crippen LogP contribution in [0, 0.1) is 0 Å². The number of carbonyl (C=O) groups excluding carboxylic acids is 1. The number of pyridine rings is 1. The largest absolute Gasteiger partial charge is 0.481 e. The van der Waals surface area contributed by atoms with Crippen LogP contribution in [0.4, 0.5) is 10.6 Å². The van der Waals surface area contributed by atoms with Crippen LogP contribution in [0.15, 0.2) is 18.3 Å². The maximum Gasteiger partial charge on any atom is 0.320 e. The fourth-order valence-electron chi connectivity index (χ4n) is 1.39. The molecule has 0 aliphatic rings. The van der Waals surface area contributed by atoms with E-state index in [1.54, 1.807) is 26.0 Å². The van der Waals surface area contributed by atoms with Crippen molar-refractivity contribution in [2.75, 3.05) is 5.32 Å². The van der Waals surface area contributed by atoms with Crippen LogP contribution in [0.5, 0.6) is 0 Å². The number of rotatable bonds is 5. The van der Waals surface area contributed by atoms with E-state index >= 15 is 0 Å². The van der Waals surface area contributed by atoms with Gasteiger partial charge in [0.2, 0.25) is 0 Å². The second kappa shape index (κ2) is 6.38. The van der Waals surface area contributed by atoms with Gasteiger partial charge >= 0.3 is 12.0 Å². The maximum absolute atomic E-state index is 11.7. The number of halogens is 1. The van der Waals surface area contributed by atoms with Gasteiger partial charge in [-0.05, 0) is 32.4 Å². The summed E-state index contributed by atoms with van der Waals surface area (Å²) >= 11 is 5.68. The van der Waals surface area contributed by atoms with Gasteiger partial charge in [0.1, 0.15) is 5.82 Å². The third-order valence-electron chi connectivity index (χ3n) is 2.38. The minimum Gasteiger partial charge on any atom is -0.481 e. The molecule has 1 aromatic heterocycles. The first-order valence-electron chi connectivity index (χ1n) is 5.71. The quantitative estimate of drug-likeness (QED) is 0.775. The van der Waals surface area contributed by atoms with Crippen molar-refractivity contribution in [2.24, 2.45) is 0 Å². The highest BCUT2D eigenvalue weighted by molar-refractivity contribution is 6.30. The molecule has 0 atom stereocenters. The van der Waals surface area contributed by atoms with Crippen LogP contribution in [0.3, 0.4) is 0 Å². The summed E-state index contributed by atoms with van der Waals surface area (Å²) in [6.07, 6.45) is 1.75. The number of hydrogen-bond donors (Lipinski definition) is 3. The summed E-state index contributed by atoms with van der Waals surface area (Å²) in [6, 6.07) is 2.75. The smallest absolute Gasteiger partial charge is 0.320 e. The van der Waals surface area contributed by atoms with E-state index in [4.69, 9.17) is 16.7 Å². The van der Waals surface area contributed by atoms with Gasteiger partial charge in [0.15, 0.2) is 0 Å². The third kappa shape index (κ3) is 6.05. The number of amides is 2. The normalized spacial score (nSPS) is 10.9. The zero-order valence-corrected chi connectivity index (χ0v) is 11.5. The zero-order chi connectivity index (χ0) is 14.5. The summed E-state index contributed by atoms with van der Waals surface area (Å²) in [5, 5.41) is 14.3. The average Bonchev–Trinajstić information content (AvgIpc) is 2.29. The van der Waals surface area contributed by atoms with E-state index in [9.17, 15) is 9.59 Å². The first kappa shape index (κ1) is 15.2. The van der Waals surface area contributed by atoms with Crippen molar-refractivity contribution < 1.29 is 14.7 Å². The van der Waals surface area contributed by atoms with Crippen molar-refractivity contribution >= 4 is 29.4 Å². The van der Waals surface area contributed by atoms with Crippen molar-refractivity contribution in [3.8, 4) is 0 Å². The van der Waals surface area contributed by atoms with Gasteiger partial charge in [-0.1, -0.05) is 11.6 Å². The fraction of sp³-hybridized carbons (Fsp3) is 0.417. The van der Waals surface area contributed by atoms with Crippen LogP contribution in [-0.4, -0.2) is 27.6 Å². The lowest BCUT2D eigenvalue weighted by Crippen LogP contribution is -2.45. The van der Waals surface area contributed by atoms with E-state index in [1.165, 1.54) is 6.20 Å². The van der Waals surface area contributed by atoms with Gasteiger partial charge in [0.25, 0.3) is 0 Å². The van der Waals surface area contributed by atoms with Crippen LogP contribution < -0.4 is 10.6 Å². The molecule has 1 heterocycles. The number of carboxylic acids is 1. The Bertz CT molecular complexity index is 460. The van der Waals surface area contributed by atoms with E-state index in [2.05, 4.69) is 15.6 Å². The molecule has 2 amide bonds. The molecule has 6 nitrogen and oxygen atoms in total. The molecule has 0 saturated carbocycles. The highest BCUT2D eigenvalue weighted by Crippen LogP contribution is 2.13. The molecular formula is C12H16ClN3O3. The number of aliphatic carboxylic acids is 1. The highest BCUT2D eigenvalue weighted by atomic mass is 35.5. The van der Waals surface area contributed by atoms with Crippen LogP contribution in [0.25, 0.3) is 0 Å². The average molecular weight is 286 g/mol. The van der Waals surface area contributed by atoms with Crippen molar-refractivity contribution in [1.82, 2.24) is 10.3 Å². The standard InChI is InChI=1S/C12H16ClN3O3/c1-12(2,6-5-10(17)18)16-11(19)15-9-4-3-8(13)7-14-9/h3-4,7H,5-6H2,1-2H3,(H,17,18)(H2,14,15,16,19). The molecule has 7 heteroatoms. The Morgan fingerprint density at radius 2 is 2.11 bits per heavy atom. The minimum absolute atomic E-state index is 0.00747. The topological polar surface area (TPSA) is 91.3 Å². The van der Waals surface area contributed by atoms with Crippen LogP contribution in [0.2, 0.25) is 5.02 Å². The predicted octanol–water partition coefficient (Wildman–Crippen LogP) is 2.50. The molecule has 0 aromatic carbocycles. The summed E-state index contributed by atoms with van der Waals surface area (Å²) in [6.45, 7) is 3.51. The first-order chi connectivity index (χ1) is 8.78. The van der Waals surface area contributed by atoms with Crippen LogP contribution in [-0.2, 0) is 4.79 Å². The molecule has 104 valence electrons. The predicted molar refractivity (Wildman–Crippen MR) is 72.4 cm³/mol. The Kier molecular flexibility index (Phi) is 5.11. The van der Waals surface area contributed by atoms with Crippen LogP contribution >= 0.6 is 11.6 Å². The number of urea groups is 1. The number of nitrogens with one attached hydrogen (secondary N) is 2. The molecule has 0 aliphatic heterocycles. The second-order valence-electron chi connectivity index (χ2n) is 4.72. The zero-order valence-electron chi connectivity index (χ0n) is 10.7. The summed E-state index contributed by atoms with van der Waals surface area (Å²) < 4.78 is 0. The van der Waals surface area contributed by atoms with Gasteiger partial charge in [-0.15, -0.1) is 0 Å².